The van der Waals surface area contributed by atoms with Gasteiger partial charge in [0.05, 0.1) is 10.9 Å². The van der Waals surface area contributed by atoms with Gasteiger partial charge in [0.15, 0.2) is 0 Å². The van der Waals surface area contributed by atoms with Gasteiger partial charge in [-0.2, -0.15) is 0 Å². The van der Waals surface area contributed by atoms with Crippen molar-refractivity contribution in [3.63, 3.8) is 0 Å². The van der Waals surface area contributed by atoms with Gasteiger partial charge in [0.2, 0.25) is 0 Å². The fourth-order valence-corrected chi connectivity index (χ4v) is 5.92. The topological polar surface area (TPSA) is 87.7 Å². The normalized spacial score (nSPS) is 16.8. The summed E-state index contributed by atoms with van der Waals surface area (Å²) in [6.45, 7) is 5.15. The van der Waals surface area contributed by atoms with Crippen LogP contribution in [-0.2, 0) is 13.0 Å². The van der Waals surface area contributed by atoms with E-state index in [1.165, 1.54) is 16.3 Å². The SMILES string of the molecule is Cc1cc(-c2ccc3c(c2)=NC=3)cc2c(N3CCc4ccc(C(=O)N5CCC(N)CC5)cc4C3)ncnc12. The van der Waals surface area contributed by atoms with Gasteiger partial charge in [0, 0.05) is 54.6 Å². The number of fused-ring (bicyclic) bond motifs is 3. The smallest absolute Gasteiger partial charge is 0.253 e. The first-order valence-corrected chi connectivity index (χ1v) is 13.4. The number of nitrogens with zero attached hydrogens (tertiary/aromatic N) is 5. The van der Waals surface area contributed by atoms with Crippen LogP contribution >= 0.6 is 0 Å². The molecule has 7 heteroatoms. The molecule has 1 saturated heterocycles. The lowest BCUT2D eigenvalue weighted by Gasteiger charge is -2.32. The Hall–Kier alpha value is -4.10. The van der Waals surface area contributed by atoms with Crippen LogP contribution in [0.15, 0.2) is 59.9 Å². The zero-order valence-electron chi connectivity index (χ0n) is 21.5. The van der Waals surface area contributed by atoms with Crippen LogP contribution < -0.4 is 21.2 Å². The number of carbonyl (C=O) groups excluding carboxylic acids is 1. The summed E-state index contributed by atoms with van der Waals surface area (Å²) in [5, 5.41) is 3.27. The number of aryl methyl sites for hydroxylation is 1. The largest absolute Gasteiger partial charge is 0.351 e. The molecule has 0 saturated carbocycles. The highest BCUT2D eigenvalue weighted by Crippen LogP contribution is 2.33. The molecule has 3 aliphatic rings. The zero-order valence-corrected chi connectivity index (χ0v) is 21.5. The second-order valence-corrected chi connectivity index (χ2v) is 10.7. The fraction of sp³-hybridized carbons (Fsp3) is 0.290. The molecule has 7 rings (SSSR count). The van der Waals surface area contributed by atoms with Crippen LogP contribution in [0, 0.1) is 6.92 Å². The molecule has 0 aliphatic carbocycles. The molecule has 3 aliphatic heterocycles. The number of nitrogens with two attached hydrogens (primary N) is 1. The maximum absolute atomic E-state index is 13.2. The summed E-state index contributed by atoms with van der Waals surface area (Å²) >= 11 is 0. The number of piperidine rings is 1. The third-order valence-corrected chi connectivity index (χ3v) is 8.21. The number of hydrogen-bond donors (Lipinski definition) is 1. The lowest BCUT2D eigenvalue weighted by molar-refractivity contribution is 0.0714. The van der Waals surface area contributed by atoms with E-state index in [0.29, 0.717) is 6.54 Å². The number of benzene rings is 3. The summed E-state index contributed by atoms with van der Waals surface area (Å²) in [6.07, 6.45) is 6.21. The lowest BCUT2D eigenvalue weighted by atomic mass is 9.95. The minimum absolute atomic E-state index is 0.104. The molecule has 2 N–H and O–H groups in total. The van der Waals surface area contributed by atoms with Gasteiger partial charge in [-0.25, -0.2) is 9.97 Å². The predicted octanol–water partition coefficient (Wildman–Crippen LogP) is 3.10. The van der Waals surface area contributed by atoms with Crippen LogP contribution in [0.2, 0.25) is 0 Å². The quantitative estimate of drug-likeness (QED) is 0.465. The third-order valence-electron chi connectivity index (χ3n) is 8.21. The fourth-order valence-electron chi connectivity index (χ4n) is 5.92. The molecular weight excluding hydrogens is 472 g/mol. The Morgan fingerprint density at radius 2 is 1.82 bits per heavy atom. The summed E-state index contributed by atoms with van der Waals surface area (Å²) in [5.74, 6) is 1.04. The summed E-state index contributed by atoms with van der Waals surface area (Å²) in [4.78, 5) is 31.3. The van der Waals surface area contributed by atoms with E-state index in [1.54, 1.807) is 6.33 Å². The van der Waals surface area contributed by atoms with Crippen molar-refractivity contribution >= 4 is 28.8 Å². The Morgan fingerprint density at radius 3 is 2.61 bits per heavy atom. The van der Waals surface area contributed by atoms with Gasteiger partial charge in [-0.1, -0.05) is 18.2 Å². The van der Waals surface area contributed by atoms with E-state index in [1.807, 2.05) is 17.2 Å². The monoisotopic (exact) mass is 502 g/mol. The first-order valence-electron chi connectivity index (χ1n) is 13.4. The van der Waals surface area contributed by atoms with E-state index in [4.69, 9.17) is 10.7 Å². The van der Waals surface area contributed by atoms with Gasteiger partial charge in [-0.3, -0.25) is 9.79 Å². The Labute approximate surface area is 221 Å². The number of anilines is 1. The molecule has 1 amide bonds. The maximum Gasteiger partial charge on any atom is 0.253 e. The predicted molar refractivity (Wildman–Crippen MR) is 149 cm³/mol. The van der Waals surface area contributed by atoms with Crippen LogP contribution in [0.4, 0.5) is 5.82 Å². The molecule has 0 unspecified atom stereocenters. The molecular formula is C31H30N6O. The van der Waals surface area contributed by atoms with Gasteiger partial charge < -0.3 is 15.5 Å². The van der Waals surface area contributed by atoms with E-state index in [9.17, 15) is 4.79 Å². The highest BCUT2D eigenvalue weighted by Gasteiger charge is 2.25. The zero-order chi connectivity index (χ0) is 25.8. The van der Waals surface area contributed by atoms with Crippen LogP contribution in [0.3, 0.4) is 0 Å². The molecule has 4 heterocycles. The summed E-state index contributed by atoms with van der Waals surface area (Å²) in [7, 11) is 0. The molecule has 1 fully saturated rings. The standard InChI is InChI=1S/C31H30N6O/c1-19-12-24(21-3-5-23-16-33-28(23)15-21)14-27-29(19)34-18-35-30(27)37-9-6-20-2-4-22(13-25(20)17-37)31(38)36-10-7-26(32)8-11-36/h2-5,12-16,18,26H,6-11,17,32H2,1H3. The van der Waals surface area contributed by atoms with Crippen LogP contribution in [0.5, 0.6) is 0 Å². The van der Waals surface area contributed by atoms with Crippen molar-refractivity contribution in [3.05, 3.63) is 87.7 Å². The van der Waals surface area contributed by atoms with Crippen molar-refractivity contribution in [2.24, 2.45) is 10.7 Å². The molecule has 190 valence electrons. The molecule has 0 atom stereocenters. The molecule has 0 radical (unpaired) electrons. The van der Waals surface area contributed by atoms with Crippen molar-refractivity contribution < 1.29 is 4.79 Å². The molecule has 7 nitrogen and oxygen atoms in total. The second-order valence-electron chi connectivity index (χ2n) is 10.7. The Kier molecular flexibility index (Phi) is 5.48. The average Bonchev–Trinajstić information content (AvgIpc) is 2.93. The maximum atomic E-state index is 13.2. The minimum atomic E-state index is 0.104. The summed E-state index contributed by atoms with van der Waals surface area (Å²) in [5.41, 5.74) is 13.7. The third kappa shape index (κ3) is 3.94. The van der Waals surface area contributed by atoms with E-state index < -0.39 is 0 Å². The number of likely N-dealkylation sites (tertiary alicyclic amines) is 1. The molecule has 38 heavy (non-hydrogen) atoms. The molecule has 0 bridgehead atoms. The van der Waals surface area contributed by atoms with Crippen LogP contribution in [-0.4, -0.2) is 46.5 Å². The average molecular weight is 503 g/mol. The van der Waals surface area contributed by atoms with E-state index in [-0.39, 0.29) is 11.9 Å². The first kappa shape index (κ1) is 23.0. The highest BCUT2D eigenvalue weighted by molar-refractivity contribution is 5.96. The van der Waals surface area contributed by atoms with Crippen molar-refractivity contribution in [2.45, 2.75) is 38.8 Å². The highest BCUT2D eigenvalue weighted by atomic mass is 16.2. The number of hydrogen-bond acceptors (Lipinski definition) is 6. The Balaban J connectivity index is 1.22. The molecule has 4 aromatic rings. The first-order chi connectivity index (χ1) is 18.5. The molecule has 0 spiro atoms. The molecule has 1 aromatic heterocycles. The minimum Gasteiger partial charge on any atom is -0.351 e. The summed E-state index contributed by atoms with van der Waals surface area (Å²) < 4.78 is 0. The number of amides is 1. The summed E-state index contributed by atoms with van der Waals surface area (Å²) in [6, 6.07) is 17.2. The second kappa shape index (κ2) is 9.03. The number of carbonyl (C=O) groups is 1. The van der Waals surface area contributed by atoms with Gasteiger partial charge in [0.25, 0.3) is 5.91 Å². The van der Waals surface area contributed by atoms with E-state index in [0.717, 1.165) is 83.2 Å². The van der Waals surface area contributed by atoms with Crippen LogP contribution in [0.1, 0.15) is 39.9 Å². The van der Waals surface area contributed by atoms with Crippen molar-refractivity contribution in [3.8, 4) is 11.1 Å². The Morgan fingerprint density at radius 1 is 0.947 bits per heavy atom. The van der Waals surface area contributed by atoms with E-state index >= 15 is 0 Å². The van der Waals surface area contributed by atoms with Crippen LogP contribution in [0.25, 0.3) is 28.2 Å². The van der Waals surface area contributed by atoms with Crippen molar-refractivity contribution in [1.82, 2.24) is 14.9 Å². The lowest BCUT2D eigenvalue weighted by Crippen LogP contribution is -2.43. The number of rotatable bonds is 3. The number of aromatic nitrogens is 2. The van der Waals surface area contributed by atoms with Gasteiger partial charge in [-0.15, -0.1) is 0 Å². The van der Waals surface area contributed by atoms with E-state index in [2.05, 4.69) is 64.3 Å². The van der Waals surface area contributed by atoms with Crippen molar-refractivity contribution in [2.75, 3.05) is 24.5 Å². The Bertz CT molecular complexity index is 1720. The van der Waals surface area contributed by atoms with Gasteiger partial charge in [0.1, 0.15) is 12.1 Å². The van der Waals surface area contributed by atoms with Crippen molar-refractivity contribution in [1.29, 1.82) is 0 Å². The van der Waals surface area contributed by atoms with Gasteiger partial charge in [-0.05, 0) is 84.3 Å². The van der Waals surface area contributed by atoms with Gasteiger partial charge >= 0.3 is 0 Å². The molecule has 3 aromatic carbocycles.